The van der Waals surface area contributed by atoms with Gasteiger partial charge in [0.1, 0.15) is 11.6 Å². The highest BCUT2D eigenvalue weighted by molar-refractivity contribution is 7.15. The third-order valence-corrected chi connectivity index (χ3v) is 5.65. The Kier molecular flexibility index (Phi) is 5.67. The molecule has 6 nitrogen and oxygen atoms in total. The number of nitrogens with one attached hydrogen (secondary N) is 1. The molecule has 0 aliphatic rings. The SMILES string of the molecule is Cc1nc2ccccc2c(=O)n1CCC(=O)Nc1ncc(Cc2ccccc2F)s1. The average Bonchev–Trinajstić information content (AvgIpc) is 3.16. The van der Waals surface area contributed by atoms with Gasteiger partial charge in [-0.25, -0.2) is 14.4 Å². The highest BCUT2D eigenvalue weighted by Gasteiger charge is 2.12. The van der Waals surface area contributed by atoms with Crippen LogP contribution in [0.5, 0.6) is 0 Å². The van der Waals surface area contributed by atoms with E-state index in [1.165, 1.54) is 22.0 Å². The third-order valence-electron chi connectivity index (χ3n) is 4.74. The smallest absolute Gasteiger partial charge is 0.261 e. The van der Waals surface area contributed by atoms with E-state index in [9.17, 15) is 14.0 Å². The molecule has 0 aliphatic carbocycles. The monoisotopic (exact) mass is 422 g/mol. The molecule has 0 bridgehead atoms. The van der Waals surface area contributed by atoms with Crippen molar-refractivity contribution in [2.24, 2.45) is 0 Å². The predicted octanol–water partition coefficient (Wildman–Crippen LogP) is 3.92. The van der Waals surface area contributed by atoms with Crippen LogP contribution in [0.25, 0.3) is 10.9 Å². The van der Waals surface area contributed by atoms with Gasteiger partial charge in [-0.3, -0.25) is 14.2 Å². The van der Waals surface area contributed by atoms with Crippen LogP contribution >= 0.6 is 11.3 Å². The van der Waals surface area contributed by atoms with Gasteiger partial charge < -0.3 is 5.32 Å². The Hall–Kier alpha value is -3.39. The summed E-state index contributed by atoms with van der Waals surface area (Å²) >= 11 is 1.30. The van der Waals surface area contributed by atoms with Crippen molar-refractivity contribution in [1.82, 2.24) is 14.5 Å². The molecule has 0 atom stereocenters. The number of hydrogen-bond donors (Lipinski definition) is 1. The van der Waals surface area contributed by atoms with E-state index in [0.717, 1.165) is 4.88 Å². The van der Waals surface area contributed by atoms with Gasteiger partial charge in [-0.1, -0.05) is 30.3 Å². The fourth-order valence-corrected chi connectivity index (χ4v) is 4.07. The largest absolute Gasteiger partial charge is 0.302 e. The number of aryl methyl sites for hydroxylation is 1. The van der Waals surface area contributed by atoms with Gasteiger partial charge >= 0.3 is 0 Å². The van der Waals surface area contributed by atoms with Crippen molar-refractivity contribution in [3.63, 3.8) is 0 Å². The predicted molar refractivity (Wildman–Crippen MR) is 115 cm³/mol. The number of rotatable bonds is 6. The van der Waals surface area contributed by atoms with Gasteiger partial charge in [0.2, 0.25) is 5.91 Å². The van der Waals surface area contributed by atoms with Crippen LogP contribution in [0.3, 0.4) is 0 Å². The highest BCUT2D eigenvalue weighted by atomic mass is 32.1. The molecule has 2 aromatic carbocycles. The first-order valence-corrected chi connectivity index (χ1v) is 10.3. The summed E-state index contributed by atoms with van der Waals surface area (Å²) in [5.74, 6) is 0.0514. The lowest BCUT2D eigenvalue weighted by Gasteiger charge is -2.10. The third kappa shape index (κ3) is 4.28. The Balaban J connectivity index is 1.40. The molecule has 1 amide bonds. The first-order valence-electron chi connectivity index (χ1n) is 9.45. The first-order chi connectivity index (χ1) is 14.5. The number of carbonyl (C=O) groups is 1. The summed E-state index contributed by atoms with van der Waals surface area (Å²) in [4.78, 5) is 34.5. The van der Waals surface area contributed by atoms with Crippen molar-refractivity contribution in [3.05, 3.63) is 87.2 Å². The first kappa shape index (κ1) is 19.9. The van der Waals surface area contributed by atoms with E-state index in [1.54, 1.807) is 49.5 Å². The molecule has 30 heavy (non-hydrogen) atoms. The Bertz CT molecular complexity index is 1280. The molecule has 4 aromatic rings. The maximum absolute atomic E-state index is 13.8. The molecular weight excluding hydrogens is 403 g/mol. The van der Waals surface area contributed by atoms with E-state index in [2.05, 4.69) is 15.3 Å². The van der Waals surface area contributed by atoms with Gasteiger partial charge in [0.15, 0.2) is 5.13 Å². The van der Waals surface area contributed by atoms with Crippen LogP contribution in [-0.2, 0) is 17.8 Å². The van der Waals surface area contributed by atoms with Crippen molar-refractivity contribution in [3.8, 4) is 0 Å². The molecule has 0 unspecified atom stereocenters. The molecule has 0 saturated carbocycles. The molecular formula is C22H19FN4O2S. The van der Waals surface area contributed by atoms with Crippen molar-refractivity contribution in [2.45, 2.75) is 26.3 Å². The normalized spacial score (nSPS) is 11.0. The molecule has 1 N–H and O–H groups in total. The molecule has 0 spiro atoms. The van der Waals surface area contributed by atoms with Crippen molar-refractivity contribution in [1.29, 1.82) is 0 Å². The van der Waals surface area contributed by atoms with Gasteiger partial charge in [-0.2, -0.15) is 0 Å². The number of hydrogen-bond acceptors (Lipinski definition) is 5. The second-order valence-corrected chi connectivity index (χ2v) is 7.95. The number of para-hydroxylation sites is 1. The van der Waals surface area contributed by atoms with Gasteiger partial charge in [-0.15, -0.1) is 11.3 Å². The fourth-order valence-electron chi connectivity index (χ4n) is 3.21. The number of halogens is 1. The summed E-state index contributed by atoms with van der Waals surface area (Å²) in [6.07, 6.45) is 2.16. The molecule has 8 heteroatoms. The molecule has 0 radical (unpaired) electrons. The number of amides is 1. The standard InChI is InChI=1S/C22H19FN4O2S/c1-14-25-19-9-5-3-7-17(19)21(29)27(14)11-10-20(28)26-22-24-13-16(30-22)12-15-6-2-4-8-18(15)23/h2-9,13H,10-12H2,1H3,(H,24,26,28). The summed E-state index contributed by atoms with van der Waals surface area (Å²) in [6, 6.07) is 13.7. The Labute approximate surface area is 176 Å². The van der Waals surface area contributed by atoms with Gasteiger partial charge in [0.25, 0.3) is 5.56 Å². The number of nitrogens with zero attached hydrogens (tertiary/aromatic N) is 3. The van der Waals surface area contributed by atoms with Crippen molar-refractivity contribution in [2.75, 3.05) is 5.32 Å². The van der Waals surface area contributed by atoms with Crippen LogP contribution in [0.2, 0.25) is 0 Å². The molecule has 0 fully saturated rings. The number of carbonyl (C=O) groups excluding carboxylic acids is 1. The average molecular weight is 422 g/mol. The summed E-state index contributed by atoms with van der Waals surface area (Å²) in [5, 5.41) is 3.73. The second-order valence-electron chi connectivity index (χ2n) is 6.83. The molecule has 2 heterocycles. The summed E-state index contributed by atoms with van der Waals surface area (Å²) in [7, 11) is 0. The number of benzene rings is 2. The van der Waals surface area contributed by atoms with Crippen LogP contribution in [0, 0.1) is 12.7 Å². The van der Waals surface area contributed by atoms with Crippen molar-refractivity contribution >= 4 is 33.3 Å². The van der Waals surface area contributed by atoms with Crippen LogP contribution in [0.15, 0.2) is 59.5 Å². The zero-order valence-electron chi connectivity index (χ0n) is 16.3. The minimum atomic E-state index is -0.263. The van der Waals surface area contributed by atoms with E-state index in [0.29, 0.717) is 33.8 Å². The lowest BCUT2D eigenvalue weighted by atomic mass is 10.1. The van der Waals surface area contributed by atoms with Crippen LogP contribution in [0.1, 0.15) is 22.7 Å². The Morgan fingerprint density at radius 3 is 2.77 bits per heavy atom. The summed E-state index contributed by atoms with van der Waals surface area (Å²) in [5.41, 5.74) is 1.07. The van der Waals surface area contributed by atoms with Crippen LogP contribution in [0.4, 0.5) is 9.52 Å². The maximum atomic E-state index is 13.8. The number of thiazole rings is 1. The quantitative estimate of drug-likeness (QED) is 0.511. The van der Waals surface area contributed by atoms with Gasteiger partial charge in [-0.05, 0) is 30.7 Å². The van der Waals surface area contributed by atoms with Crippen molar-refractivity contribution < 1.29 is 9.18 Å². The zero-order chi connectivity index (χ0) is 21.1. The number of anilines is 1. The fraction of sp³-hybridized carbons (Fsp3) is 0.182. The van der Waals surface area contributed by atoms with Crippen LogP contribution in [-0.4, -0.2) is 20.4 Å². The van der Waals surface area contributed by atoms with Crippen LogP contribution < -0.4 is 10.9 Å². The van der Waals surface area contributed by atoms with E-state index in [1.807, 2.05) is 6.07 Å². The molecule has 2 aromatic heterocycles. The topological polar surface area (TPSA) is 76.9 Å². The maximum Gasteiger partial charge on any atom is 0.261 e. The molecule has 0 aliphatic heterocycles. The highest BCUT2D eigenvalue weighted by Crippen LogP contribution is 2.22. The lowest BCUT2D eigenvalue weighted by molar-refractivity contribution is -0.116. The molecule has 0 saturated heterocycles. The van der Waals surface area contributed by atoms with E-state index < -0.39 is 0 Å². The summed E-state index contributed by atoms with van der Waals surface area (Å²) in [6.45, 7) is 1.98. The summed E-state index contributed by atoms with van der Waals surface area (Å²) < 4.78 is 15.3. The molecule has 152 valence electrons. The minimum Gasteiger partial charge on any atom is -0.302 e. The molecule has 4 rings (SSSR count). The van der Waals surface area contributed by atoms with Gasteiger partial charge in [0, 0.05) is 30.5 Å². The van der Waals surface area contributed by atoms with E-state index in [4.69, 9.17) is 0 Å². The number of aromatic nitrogens is 3. The van der Waals surface area contributed by atoms with E-state index in [-0.39, 0.29) is 30.2 Å². The lowest BCUT2D eigenvalue weighted by Crippen LogP contribution is -2.26. The minimum absolute atomic E-state index is 0.114. The zero-order valence-corrected chi connectivity index (χ0v) is 17.1. The van der Waals surface area contributed by atoms with E-state index >= 15 is 0 Å². The Morgan fingerprint density at radius 2 is 1.93 bits per heavy atom. The van der Waals surface area contributed by atoms with Gasteiger partial charge in [0.05, 0.1) is 10.9 Å². The Morgan fingerprint density at radius 1 is 1.17 bits per heavy atom. The second kappa shape index (κ2) is 8.54. The number of fused-ring (bicyclic) bond motifs is 1.